The quantitative estimate of drug-likeness (QED) is 0.570. The van der Waals surface area contributed by atoms with E-state index in [9.17, 15) is 22.4 Å². The van der Waals surface area contributed by atoms with Crippen molar-refractivity contribution in [3.63, 3.8) is 0 Å². The molecule has 0 bridgehead atoms. The summed E-state index contributed by atoms with van der Waals surface area (Å²) in [5.74, 6) is -1.52. The molecule has 2 N–H and O–H groups in total. The zero-order valence-corrected chi connectivity index (χ0v) is 16.9. The average Bonchev–Trinajstić information content (AvgIpc) is 3.08. The predicted molar refractivity (Wildman–Crippen MR) is 105 cm³/mol. The maximum absolute atomic E-state index is 13.6. The van der Waals surface area contributed by atoms with E-state index in [4.69, 9.17) is 4.74 Å². The fraction of sp³-hybridized carbons (Fsp3) is 0.429. The summed E-state index contributed by atoms with van der Waals surface area (Å²) in [4.78, 5) is 20.0. The van der Waals surface area contributed by atoms with Gasteiger partial charge in [0.15, 0.2) is 0 Å². The fourth-order valence-corrected chi connectivity index (χ4v) is 4.90. The number of carbonyl (C=O) groups is 1. The molecule has 3 aromatic rings. The molecule has 0 radical (unpaired) electrons. The van der Waals surface area contributed by atoms with Gasteiger partial charge in [-0.05, 0) is 54.9 Å². The number of hydrogen-bond acceptors (Lipinski definition) is 5. The Morgan fingerprint density at radius 2 is 2.00 bits per heavy atom. The van der Waals surface area contributed by atoms with Gasteiger partial charge in [0.25, 0.3) is 0 Å². The van der Waals surface area contributed by atoms with Gasteiger partial charge in [-0.1, -0.05) is 6.92 Å². The molecule has 168 valence electrons. The molecule has 3 unspecified atom stereocenters. The third-order valence-electron chi connectivity index (χ3n) is 6.41. The molecule has 7 nitrogen and oxygen atoms in total. The lowest BCUT2D eigenvalue weighted by Crippen LogP contribution is -2.26. The van der Waals surface area contributed by atoms with Gasteiger partial charge < -0.3 is 4.74 Å². The van der Waals surface area contributed by atoms with Crippen LogP contribution in [-0.4, -0.2) is 32.2 Å². The number of nitrogens with one attached hydrogen (secondary N) is 2. The Bertz CT molecular complexity index is 1170. The SMILES string of the molecule is CC(C(=O)Nc1n[nH]c(C(F)(F)F)n1)C1C2CC(Oc3ccnc4ccc(F)cc34)CC21. The molecule has 0 saturated heterocycles. The highest BCUT2D eigenvalue weighted by Crippen LogP contribution is 2.61. The molecule has 2 aromatic heterocycles. The van der Waals surface area contributed by atoms with Crippen LogP contribution in [0.5, 0.6) is 5.75 Å². The lowest BCUT2D eigenvalue weighted by molar-refractivity contribution is -0.144. The Labute approximate surface area is 179 Å². The number of ether oxygens (including phenoxy) is 1. The number of anilines is 1. The van der Waals surface area contributed by atoms with E-state index in [2.05, 4.69) is 20.4 Å². The van der Waals surface area contributed by atoms with Gasteiger partial charge in [0.1, 0.15) is 11.6 Å². The second kappa shape index (κ2) is 7.42. The van der Waals surface area contributed by atoms with E-state index in [0.717, 1.165) is 12.8 Å². The predicted octanol–water partition coefficient (Wildman–Crippen LogP) is 4.19. The van der Waals surface area contributed by atoms with Gasteiger partial charge in [-0.3, -0.25) is 20.2 Å². The Morgan fingerprint density at radius 1 is 1.25 bits per heavy atom. The minimum Gasteiger partial charge on any atom is -0.490 e. The van der Waals surface area contributed by atoms with Crippen molar-refractivity contribution >= 4 is 22.8 Å². The summed E-state index contributed by atoms with van der Waals surface area (Å²) in [5, 5.41) is 8.15. The van der Waals surface area contributed by atoms with Crippen LogP contribution in [0.3, 0.4) is 0 Å². The molecule has 2 aliphatic rings. The van der Waals surface area contributed by atoms with Crippen LogP contribution in [0.4, 0.5) is 23.5 Å². The molecule has 1 amide bonds. The topological polar surface area (TPSA) is 92.8 Å². The monoisotopic (exact) mass is 449 g/mol. The van der Waals surface area contributed by atoms with E-state index in [1.54, 1.807) is 30.4 Å². The number of carbonyl (C=O) groups excluding carboxylic acids is 1. The van der Waals surface area contributed by atoms with Gasteiger partial charge in [0, 0.05) is 17.5 Å². The van der Waals surface area contributed by atoms with Crippen LogP contribution in [-0.2, 0) is 11.0 Å². The van der Waals surface area contributed by atoms with Crippen LogP contribution in [0.15, 0.2) is 30.5 Å². The normalized spacial score (nSPS) is 25.4. The molecular weight excluding hydrogens is 430 g/mol. The first-order valence-electron chi connectivity index (χ1n) is 10.2. The Morgan fingerprint density at radius 3 is 2.69 bits per heavy atom. The largest absolute Gasteiger partial charge is 0.490 e. The Kier molecular flexibility index (Phi) is 4.79. The van der Waals surface area contributed by atoms with Crippen molar-refractivity contribution in [2.45, 2.75) is 32.0 Å². The number of pyridine rings is 1. The number of H-pyrrole nitrogens is 1. The van der Waals surface area contributed by atoms with Crippen molar-refractivity contribution in [1.29, 1.82) is 0 Å². The lowest BCUT2D eigenvalue weighted by atomic mass is 9.97. The van der Waals surface area contributed by atoms with E-state index in [1.807, 2.05) is 0 Å². The number of aromatic nitrogens is 4. The van der Waals surface area contributed by atoms with Crippen molar-refractivity contribution in [2.75, 3.05) is 5.32 Å². The second-order valence-electron chi connectivity index (χ2n) is 8.37. The molecule has 2 fully saturated rings. The van der Waals surface area contributed by atoms with Crippen LogP contribution in [0.2, 0.25) is 0 Å². The van der Waals surface area contributed by atoms with Crippen molar-refractivity contribution in [1.82, 2.24) is 20.2 Å². The molecule has 5 rings (SSSR count). The highest BCUT2D eigenvalue weighted by molar-refractivity contribution is 5.91. The number of alkyl halides is 3. The molecular formula is C21H19F4N5O2. The Balaban J connectivity index is 1.18. The summed E-state index contributed by atoms with van der Waals surface area (Å²) in [6.45, 7) is 1.75. The number of amides is 1. The fourth-order valence-electron chi connectivity index (χ4n) is 4.90. The zero-order chi connectivity index (χ0) is 22.6. The summed E-state index contributed by atoms with van der Waals surface area (Å²) < 4.78 is 57.6. The number of nitrogens with zero attached hydrogens (tertiary/aromatic N) is 3. The van der Waals surface area contributed by atoms with Gasteiger partial charge in [0.05, 0.1) is 11.6 Å². The number of halogens is 4. The van der Waals surface area contributed by atoms with Gasteiger partial charge >= 0.3 is 6.18 Å². The smallest absolute Gasteiger partial charge is 0.451 e. The minimum atomic E-state index is -4.66. The average molecular weight is 449 g/mol. The number of fused-ring (bicyclic) bond motifs is 2. The standard InChI is InChI=1S/C21H19F4N5O2/c1-9(18(31)27-20-28-19(29-30-20)21(23,24)25)17-12-7-11(8-13(12)17)32-16-4-5-26-15-3-2-10(22)6-14(15)16/h2-6,9,11-13,17H,7-8H2,1H3,(H2,27,28,29,30,31). The third-order valence-corrected chi connectivity index (χ3v) is 6.41. The molecule has 0 spiro atoms. The lowest BCUT2D eigenvalue weighted by Gasteiger charge is -2.20. The first-order chi connectivity index (χ1) is 15.2. The summed E-state index contributed by atoms with van der Waals surface area (Å²) in [7, 11) is 0. The summed E-state index contributed by atoms with van der Waals surface area (Å²) in [6, 6.07) is 6.07. The third kappa shape index (κ3) is 3.76. The Hall–Kier alpha value is -3.24. The van der Waals surface area contributed by atoms with Crippen LogP contribution < -0.4 is 10.1 Å². The van der Waals surface area contributed by atoms with Gasteiger partial charge in [-0.15, -0.1) is 5.10 Å². The highest BCUT2D eigenvalue weighted by atomic mass is 19.4. The van der Waals surface area contributed by atoms with Gasteiger partial charge in [-0.25, -0.2) is 4.39 Å². The van der Waals surface area contributed by atoms with Crippen molar-refractivity contribution < 1.29 is 27.1 Å². The van der Waals surface area contributed by atoms with Gasteiger partial charge in [0.2, 0.25) is 17.7 Å². The van der Waals surface area contributed by atoms with E-state index < -0.39 is 29.8 Å². The van der Waals surface area contributed by atoms with Gasteiger partial charge in [-0.2, -0.15) is 18.2 Å². The number of hydrogen-bond donors (Lipinski definition) is 2. The molecule has 3 atom stereocenters. The van der Waals surface area contributed by atoms with Crippen LogP contribution in [0.1, 0.15) is 25.6 Å². The number of aromatic amines is 1. The number of benzene rings is 1. The highest BCUT2D eigenvalue weighted by Gasteiger charge is 2.59. The summed E-state index contributed by atoms with van der Waals surface area (Å²) >= 11 is 0. The van der Waals surface area contributed by atoms with Crippen molar-refractivity contribution in [2.24, 2.45) is 23.7 Å². The van der Waals surface area contributed by atoms with E-state index in [-0.39, 0.29) is 17.8 Å². The van der Waals surface area contributed by atoms with Crippen LogP contribution >= 0.6 is 0 Å². The molecule has 1 aromatic carbocycles. The molecule has 2 aliphatic carbocycles. The van der Waals surface area contributed by atoms with Crippen molar-refractivity contribution in [3.8, 4) is 5.75 Å². The van der Waals surface area contributed by atoms with E-state index in [1.165, 1.54) is 12.1 Å². The maximum Gasteiger partial charge on any atom is 0.451 e. The first kappa shape index (κ1) is 20.7. The molecule has 2 heterocycles. The summed E-state index contributed by atoms with van der Waals surface area (Å²) in [5.41, 5.74) is 0.649. The zero-order valence-electron chi connectivity index (χ0n) is 16.9. The molecule has 0 aliphatic heterocycles. The second-order valence-corrected chi connectivity index (χ2v) is 8.37. The molecule has 11 heteroatoms. The molecule has 32 heavy (non-hydrogen) atoms. The summed E-state index contributed by atoms with van der Waals surface area (Å²) in [6.07, 6.45) is -1.58. The van der Waals surface area contributed by atoms with Crippen molar-refractivity contribution in [3.05, 3.63) is 42.1 Å². The minimum absolute atomic E-state index is 0.0484. The van der Waals surface area contributed by atoms with E-state index >= 15 is 0 Å². The van der Waals surface area contributed by atoms with Crippen LogP contribution in [0, 0.1) is 29.5 Å². The number of rotatable bonds is 5. The molecule has 2 saturated carbocycles. The maximum atomic E-state index is 13.6. The van der Waals surface area contributed by atoms with E-state index in [0.29, 0.717) is 28.5 Å². The first-order valence-corrected chi connectivity index (χ1v) is 10.2. The van der Waals surface area contributed by atoms with Crippen LogP contribution in [0.25, 0.3) is 10.9 Å².